The predicted molar refractivity (Wildman–Crippen MR) is 98.1 cm³/mol. The van der Waals surface area contributed by atoms with Crippen LogP contribution in [-0.2, 0) is 10.0 Å². The Bertz CT molecular complexity index is 999. The van der Waals surface area contributed by atoms with Crippen LogP contribution in [0.4, 0.5) is 14.5 Å². The van der Waals surface area contributed by atoms with E-state index in [2.05, 4.69) is 25.4 Å². The van der Waals surface area contributed by atoms with E-state index in [0.717, 1.165) is 19.2 Å². The summed E-state index contributed by atoms with van der Waals surface area (Å²) in [5.74, 6) is -1.96. The van der Waals surface area contributed by atoms with Gasteiger partial charge in [-0.3, -0.25) is 4.72 Å². The van der Waals surface area contributed by atoms with Crippen LogP contribution in [0.3, 0.4) is 0 Å². The highest BCUT2D eigenvalue weighted by Crippen LogP contribution is 2.36. The number of benzene rings is 2. The Hall–Kier alpha value is -2.60. The third kappa shape index (κ3) is 4.81. The summed E-state index contributed by atoms with van der Waals surface area (Å²) in [6.45, 7) is -3.23. The third-order valence-corrected chi connectivity index (χ3v) is 5.41. The van der Waals surface area contributed by atoms with E-state index in [4.69, 9.17) is 9.47 Å². The molecule has 2 aromatic carbocycles. The summed E-state index contributed by atoms with van der Waals surface area (Å²) < 4.78 is 67.0. The second kappa shape index (κ2) is 8.61. The standard InChI is InChI=1S/C16H14BrF2NO7S/c1-25-12-4-3-8(5-10(12)17)28(23,24)20-11-7-14(27-16(18)19)13(26-2)6-9(11)15(21)22/h3-7,16,20H,1-2H3,(H,21,22). The quantitative estimate of drug-likeness (QED) is 0.592. The van der Waals surface area contributed by atoms with Crippen molar-refractivity contribution in [3.63, 3.8) is 0 Å². The van der Waals surface area contributed by atoms with Gasteiger partial charge in [0.05, 0.1) is 34.8 Å². The maximum Gasteiger partial charge on any atom is 0.387 e. The van der Waals surface area contributed by atoms with Gasteiger partial charge < -0.3 is 19.3 Å². The number of methoxy groups -OCH3 is 2. The van der Waals surface area contributed by atoms with Gasteiger partial charge in [-0.15, -0.1) is 0 Å². The van der Waals surface area contributed by atoms with Crippen molar-refractivity contribution in [1.82, 2.24) is 0 Å². The molecule has 2 aromatic rings. The molecule has 0 unspecified atom stereocenters. The second-order valence-electron chi connectivity index (χ2n) is 5.13. The summed E-state index contributed by atoms with van der Waals surface area (Å²) in [5, 5.41) is 9.33. The highest BCUT2D eigenvalue weighted by molar-refractivity contribution is 9.10. The first-order valence-electron chi connectivity index (χ1n) is 7.35. The maximum absolute atomic E-state index is 12.6. The van der Waals surface area contributed by atoms with Crippen molar-refractivity contribution in [3.05, 3.63) is 40.4 Å². The molecule has 8 nitrogen and oxygen atoms in total. The number of hydrogen-bond donors (Lipinski definition) is 2. The van der Waals surface area contributed by atoms with Gasteiger partial charge in [-0.1, -0.05) is 0 Å². The molecule has 2 N–H and O–H groups in total. The largest absolute Gasteiger partial charge is 0.496 e. The van der Waals surface area contributed by atoms with Crippen molar-refractivity contribution < 1.29 is 41.3 Å². The van der Waals surface area contributed by atoms with E-state index in [0.29, 0.717) is 10.2 Å². The number of carboxylic acids is 1. The number of halogens is 3. The minimum Gasteiger partial charge on any atom is -0.496 e. The van der Waals surface area contributed by atoms with Gasteiger partial charge in [0.2, 0.25) is 0 Å². The molecule has 152 valence electrons. The Labute approximate surface area is 167 Å². The summed E-state index contributed by atoms with van der Waals surface area (Å²) in [5.41, 5.74) is -0.995. The number of alkyl halides is 2. The minimum atomic E-state index is -4.26. The summed E-state index contributed by atoms with van der Waals surface area (Å²) in [4.78, 5) is 11.3. The van der Waals surface area contributed by atoms with Crippen LogP contribution in [0.2, 0.25) is 0 Å². The molecule has 0 bridgehead atoms. The molecule has 0 heterocycles. The van der Waals surface area contributed by atoms with E-state index < -0.39 is 39.6 Å². The third-order valence-electron chi connectivity index (χ3n) is 3.43. The molecule has 28 heavy (non-hydrogen) atoms. The average molecular weight is 482 g/mol. The highest BCUT2D eigenvalue weighted by atomic mass is 79.9. The molecule has 0 aliphatic heterocycles. The second-order valence-corrected chi connectivity index (χ2v) is 7.67. The van der Waals surface area contributed by atoms with Crippen LogP contribution in [-0.4, -0.2) is 40.3 Å². The Morgan fingerprint density at radius 1 is 1.11 bits per heavy atom. The summed E-state index contributed by atoms with van der Waals surface area (Å²) in [7, 11) is -1.74. The van der Waals surface area contributed by atoms with E-state index in [1.807, 2.05) is 0 Å². The smallest absolute Gasteiger partial charge is 0.387 e. The number of anilines is 1. The molecular weight excluding hydrogens is 468 g/mol. The van der Waals surface area contributed by atoms with Crippen LogP contribution in [0.5, 0.6) is 17.2 Å². The molecule has 0 spiro atoms. The van der Waals surface area contributed by atoms with Crippen molar-refractivity contribution in [1.29, 1.82) is 0 Å². The van der Waals surface area contributed by atoms with Crippen LogP contribution >= 0.6 is 15.9 Å². The van der Waals surface area contributed by atoms with Gasteiger partial charge in [0, 0.05) is 12.1 Å². The average Bonchev–Trinajstić information content (AvgIpc) is 2.60. The number of carboxylic acid groups (broad SMARTS) is 1. The number of ether oxygens (including phenoxy) is 3. The van der Waals surface area contributed by atoms with Gasteiger partial charge in [0.25, 0.3) is 10.0 Å². The first-order valence-corrected chi connectivity index (χ1v) is 9.63. The highest BCUT2D eigenvalue weighted by Gasteiger charge is 2.23. The Kier molecular flexibility index (Phi) is 6.67. The summed E-state index contributed by atoms with van der Waals surface area (Å²) >= 11 is 3.15. The fourth-order valence-electron chi connectivity index (χ4n) is 2.19. The zero-order chi connectivity index (χ0) is 21.1. The van der Waals surface area contributed by atoms with Crippen LogP contribution < -0.4 is 18.9 Å². The molecule has 0 amide bonds. The lowest BCUT2D eigenvalue weighted by atomic mass is 10.1. The number of hydrogen-bond acceptors (Lipinski definition) is 6. The molecule has 12 heteroatoms. The maximum atomic E-state index is 12.6. The van der Waals surface area contributed by atoms with Gasteiger partial charge in [-0.2, -0.15) is 8.78 Å². The van der Waals surface area contributed by atoms with E-state index in [1.165, 1.54) is 25.3 Å². The van der Waals surface area contributed by atoms with Gasteiger partial charge in [0.1, 0.15) is 5.75 Å². The van der Waals surface area contributed by atoms with Crippen molar-refractivity contribution in [2.24, 2.45) is 0 Å². The first-order chi connectivity index (χ1) is 13.1. The number of sulfonamides is 1. The van der Waals surface area contributed by atoms with Crippen molar-refractivity contribution in [3.8, 4) is 17.2 Å². The molecule has 0 aliphatic rings. The molecule has 0 atom stereocenters. The number of aromatic carboxylic acids is 1. The lowest BCUT2D eigenvalue weighted by molar-refractivity contribution is -0.0511. The van der Waals surface area contributed by atoms with Gasteiger partial charge in [0.15, 0.2) is 11.5 Å². The van der Waals surface area contributed by atoms with Crippen molar-refractivity contribution >= 4 is 37.6 Å². The van der Waals surface area contributed by atoms with E-state index >= 15 is 0 Å². The zero-order valence-electron chi connectivity index (χ0n) is 14.4. The fourth-order valence-corrected chi connectivity index (χ4v) is 3.98. The number of carbonyl (C=O) groups is 1. The molecule has 0 fully saturated rings. The normalized spacial score (nSPS) is 11.2. The first kappa shape index (κ1) is 21.7. The number of rotatable bonds is 8. The van der Waals surface area contributed by atoms with Crippen LogP contribution in [0.15, 0.2) is 39.7 Å². The van der Waals surface area contributed by atoms with Gasteiger partial charge in [-0.25, -0.2) is 13.2 Å². The van der Waals surface area contributed by atoms with E-state index in [9.17, 15) is 27.1 Å². The van der Waals surface area contributed by atoms with Crippen LogP contribution in [0, 0.1) is 0 Å². The topological polar surface area (TPSA) is 111 Å². The van der Waals surface area contributed by atoms with Gasteiger partial charge in [-0.05, 0) is 34.1 Å². The Balaban J connectivity index is 2.53. The SMILES string of the molecule is COc1ccc(S(=O)(=O)Nc2cc(OC(F)F)c(OC)cc2C(=O)O)cc1Br. The lowest BCUT2D eigenvalue weighted by Crippen LogP contribution is -2.16. The molecule has 0 radical (unpaired) electrons. The Morgan fingerprint density at radius 2 is 1.75 bits per heavy atom. The fraction of sp³-hybridized carbons (Fsp3) is 0.188. The minimum absolute atomic E-state index is 0.219. The Morgan fingerprint density at radius 3 is 2.25 bits per heavy atom. The molecule has 2 rings (SSSR count). The molecule has 0 saturated carbocycles. The van der Waals surface area contributed by atoms with Crippen LogP contribution in [0.1, 0.15) is 10.4 Å². The van der Waals surface area contributed by atoms with Crippen LogP contribution in [0.25, 0.3) is 0 Å². The molecule has 0 aromatic heterocycles. The molecular formula is C16H14BrF2NO7S. The van der Waals surface area contributed by atoms with E-state index in [-0.39, 0.29) is 10.6 Å². The van der Waals surface area contributed by atoms with Crippen molar-refractivity contribution in [2.75, 3.05) is 18.9 Å². The summed E-state index contributed by atoms with van der Waals surface area (Å²) in [6.07, 6.45) is 0. The molecule has 0 saturated heterocycles. The predicted octanol–water partition coefficient (Wildman–Crippen LogP) is 3.57. The van der Waals surface area contributed by atoms with Gasteiger partial charge >= 0.3 is 12.6 Å². The number of nitrogens with one attached hydrogen (secondary N) is 1. The molecule has 0 aliphatic carbocycles. The monoisotopic (exact) mass is 481 g/mol. The summed E-state index contributed by atoms with van der Waals surface area (Å²) in [6, 6.07) is 5.54. The zero-order valence-corrected chi connectivity index (χ0v) is 16.8. The van der Waals surface area contributed by atoms with E-state index in [1.54, 1.807) is 0 Å². The van der Waals surface area contributed by atoms with Crippen molar-refractivity contribution in [2.45, 2.75) is 11.5 Å². The lowest BCUT2D eigenvalue weighted by Gasteiger charge is -2.16.